The smallest absolute Gasteiger partial charge is 0.308 e. The van der Waals surface area contributed by atoms with E-state index < -0.39 is 0 Å². The molecule has 0 bridgehead atoms. The van der Waals surface area contributed by atoms with E-state index in [1.165, 1.54) is 38.5 Å². The highest BCUT2D eigenvalue weighted by Gasteiger charge is 2.30. The molecule has 5 nitrogen and oxygen atoms in total. The predicted octanol–water partition coefficient (Wildman–Crippen LogP) is 3.40. The maximum atomic E-state index is 11.8. The second-order valence-corrected chi connectivity index (χ2v) is 7.18. The Morgan fingerprint density at radius 1 is 1.29 bits per heavy atom. The number of ether oxygens (including phenoxy) is 1. The van der Waals surface area contributed by atoms with Crippen LogP contribution in [0, 0.1) is 5.92 Å². The van der Waals surface area contributed by atoms with Crippen LogP contribution >= 0.6 is 0 Å². The van der Waals surface area contributed by atoms with Gasteiger partial charge in [-0.3, -0.25) is 4.79 Å². The van der Waals surface area contributed by atoms with Crippen molar-refractivity contribution in [1.82, 2.24) is 0 Å². The maximum absolute atomic E-state index is 11.8. The van der Waals surface area contributed by atoms with Crippen molar-refractivity contribution in [3.8, 4) is 0 Å². The van der Waals surface area contributed by atoms with E-state index in [4.69, 9.17) is 10.5 Å². The van der Waals surface area contributed by atoms with Gasteiger partial charge in [0.2, 0.25) is 0 Å². The summed E-state index contributed by atoms with van der Waals surface area (Å²) in [6.07, 6.45) is 6.73. The molecule has 1 unspecified atom stereocenters. The fourth-order valence-electron chi connectivity index (χ4n) is 4.07. The molecule has 0 radical (unpaired) electrons. The zero-order valence-electron chi connectivity index (χ0n) is 14.8. The van der Waals surface area contributed by atoms with Crippen LogP contribution in [0.3, 0.4) is 0 Å². The van der Waals surface area contributed by atoms with Gasteiger partial charge < -0.3 is 20.7 Å². The second-order valence-electron chi connectivity index (χ2n) is 7.18. The first-order chi connectivity index (χ1) is 11.6. The lowest BCUT2D eigenvalue weighted by Crippen LogP contribution is -2.43. The topological polar surface area (TPSA) is 67.6 Å². The molecule has 24 heavy (non-hydrogen) atoms. The highest BCUT2D eigenvalue weighted by Crippen LogP contribution is 2.33. The Labute approximate surface area is 144 Å². The van der Waals surface area contributed by atoms with E-state index in [0.29, 0.717) is 12.1 Å². The van der Waals surface area contributed by atoms with Crippen LogP contribution in [0.2, 0.25) is 0 Å². The molecule has 1 aromatic carbocycles. The molecule has 0 amide bonds. The summed E-state index contributed by atoms with van der Waals surface area (Å²) in [5.74, 6) is -0.0616. The number of esters is 1. The number of methoxy groups -OCH3 is 1. The van der Waals surface area contributed by atoms with Crippen LogP contribution in [-0.2, 0) is 9.53 Å². The highest BCUT2D eigenvalue weighted by molar-refractivity contribution is 5.74. The summed E-state index contributed by atoms with van der Waals surface area (Å²) in [4.78, 5) is 14.2. The number of carbonyl (C=O) groups is 1. The maximum Gasteiger partial charge on any atom is 0.308 e. The van der Waals surface area contributed by atoms with E-state index in [1.54, 1.807) is 0 Å². The van der Waals surface area contributed by atoms with Crippen LogP contribution in [0.5, 0.6) is 0 Å². The van der Waals surface area contributed by atoms with E-state index in [1.807, 2.05) is 6.07 Å². The molecule has 0 spiro atoms. The zero-order valence-corrected chi connectivity index (χ0v) is 14.8. The standard InChI is InChI=1S/C19H29N3O2/c1-13-11-14(19(23)24-2)9-10-22(13)16-7-8-17(20)18(12-16)21-15-5-3-4-6-15/h7-8,12-15,21H,3-6,9-11,20H2,1-2H3/t13-,14?/m1/s1. The van der Waals surface area contributed by atoms with Crippen LogP contribution < -0.4 is 16.0 Å². The van der Waals surface area contributed by atoms with E-state index in [9.17, 15) is 4.79 Å². The second kappa shape index (κ2) is 7.32. The quantitative estimate of drug-likeness (QED) is 0.654. The molecule has 2 fully saturated rings. The SMILES string of the molecule is COC(=O)C1CCN(c2ccc(N)c(NC3CCCC3)c2)[C@H](C)C1. The van der Waals surface area contributed by atoms with Crippen LogP contribution in [0.1, 0.15) is 45.4 Å². The lowest BCUT2D eigenvalue weighted by atomic mass is 9.91. The number of nitrogen functional groups attached to an aromatic ring is 1. The minimum atomic E-state index is -0.0811. The number of hydrogen-bond acceptors (Lipinski definition) is 5. The minimum Gasteiger partial charge on any atom is -0.469 e. The largest absolute Gasteiger partial charge is 0.469 e. The Morgan fingerprint density at radius 3 is 2.71 bits per heavy atom. The molecule has 132 valence electrons. The minimum absolute atomic E-state index is 0.0196. The van der Waals surface area contributed by atoms with Crippen LogP contribution in [0.25, 0.3) is 0 Å². The normalized spacial score (nSPS) is 24.8. The van der Waals surface area contributed by atoms with Gasteiger partial charge in [0, 0.05) is 24.3 Å². The lowest BCUT2D eigenvalue weighted by Gasteiger charge is -2.38. The number of nitrogens with zero attached hydrogens (tertiary/aromatic N) is 1. The summed E-state index contributed by atoms with van der Waals surface area (Å²) in [6, 6.07) is 7.11. The summed E-state index contributed by atoms with van der Waals surface area (Å²) in [5.41, 5.74) is 9.20. The summed E-state index contributed by atoms with van der Waals surface area (Å²) in [6.45, 7) is 3.04. The third-order valence-corrected chi connectivity index (χ3v) is 5.49. The molecule has 1 saturated carbocycles. The van der Waals surface area contributed by atoms with Crippen molar-refractivity contribution in [1.29, 1.82) is 0 Å². The summed E-state index contributed by atoms with van der Waals surface area (Å²) < 4.78 is 4.90. The first kappa shape index (κ1) is 16.9. The van der Waals surface area contributed by atoms with Gasteiger partial charge in [0.1, 0.15) is 0 Å². The number of piperidine rings is 1. The number of nitrogens with two attached hydrogens (primary N) is 1. The summed E-state index contributed by atoms with van der Waals surface area (Å²) in [5, 5.41) is 3.61. The fraction of sp³-hybridized carbons (Fsp3) is 0.632. The van der Waals surface area contributed by atoms with Gasteiger partial charge in [-0.15, -0.1) is 0 Å². The van der Waals surface area contributed by atoms with Crippen molar-refractivity contribution >= 4 is 23.0 Å². The Morgan fingerprint density at radius 2 is 2.04 bits per heavy atom. The fourth-order valence-corrected chi connectivity index (χ4v) is 4.07. The molecule has 1 aliphatic heterocycles. The Hall–Kier alpha value is -1.91. The van der Waals surface area contributed by atoms with Crippen LogP contribution in [0.4, 0.5) is 17.1 Å². The molecular formula is C19H29N3O2. The molecule has 1 aliphatic carbocycles. The van der Waals surface area contributed by atoms with E-state index in [-0.39, 0.29) is 11.9 Å². The average Bonchev–Trinajstić information content (AvgIpc) is 3.09. The number of anilines is 3. The molecule has 3 rings (SSSR count). The third kappa shape index (κ3) is 3.60. The first-order valence-corrected chi connectivity index (χ1v) is 9.09. The van der Waals surface area contributed by atoms with Crippen molar-refractivity contribution in [2.24, 2.45) is 5.92 Å². The van der Waals surface area contributed by atoms with E-state index in [2.05, 4.69) is 29.3 Å². The van der Waals surface area contributed by atoms with E-state index >= 15 is 0 Å². The monoisotopic (exact) mass is 331 g/mol. The van der Waals surface area contributed by atoms with E-state index in [0.717, 1.165) is 30.8 Å². The molecule has 0 aromatic heterocycles. The van der Waals surface area contributed by atoms with Gasteiger partial charge in [-0.1, -0.05) is 12.8 Å². The molecule has 3 N–H and O–H groups in total. The molecule has 1 heterocycles. The van der Waals surface area contributed by atoms with Crippen molar-refractivity contribution in [2.45, 2.75) is 57.5 Å². The molecule has 5 heteroatoms. The van der Waals surface area contributed by atoms with Crippen LogP contribution in [-0.4, -0.2) is 31.7 Å². The van der Waals surface area contributed by atoms with Gasteiger partial charge >= 0.3 is 5.97 Å². The van der Waals surface area contributed by atoms with Gasteiger partial charge in [-0.25, -0.2) is 0 Å². The predicted molar refractivity (Wildman–Crippen MR) is 98.3 cm³/mol. The van der Waals surface area contributed by atoms with Crippen molar-refractivity contribution < 1.29 is 9.53 Å². The molecule has 2 aliphatic rings. The zero-order chi connectivity index (χ0) is 17.1. The van der Waals surface area contributed by atoms with Crippen molar-refractivity contribution in [3.05, 3.63) is 18.2 Å². The Kier molecular flexibility index (Phi) is 5.17. The Bertz CT molecular complexity index is 584. The molecular weight excluding hydrogens is 302 g/mol. The van der Waals surface area contributed by atoms with Gasteiger partial charge in [-0.2, -0.15) is 0 Å². The van der Waals surface area contributed by atoms with Gasteiger partial charge in [0.15, 0.2) is 0 Å². The lowest BCUT2D eigenvalue weighted by molar-refractivity contribution is -0.146. The number of nitrogens with one attached hydrogen (secondary N) is 1. The van der Waals surface area contributed by atoms with Crippen molar-refractivity contribution in [3.63, 3.8) is 0 Å². The number of hydrogen-bond donors (Lipinski definition) is 2. The summed E-state index contributed by atoms with van der Waals surface area (Å²) >= 11 is 0. The number of benzene rings is 1. The molecule has 1 aromatic rings. The Balaban J connectivity index is 1.71. The first-order valence-electron chi connectivity index (χ1n) is 9.09. The highest BCUT2D eigenvalue weighted by atomic mass is 16.5. The van der Waals surface area contributed by atoms with Gasteiger partial charge in [-0.05, 0) is 50.8 Å². The average molecular weight is 331 g/mol. The molecule has 2 atom stereocenters. The van der Waals surface area contributed by atoms with Gasteiger partial charge in [0.05, 0.1) is 24.4 Å². The molecule has 1 saturated heterocycles. The van der Waals surface area contributed by atoms with Crippen LogP contribution in [0.15, 0.2) is 18.2 Å². The number of rotatable bonds is 4. The van der Waals surface area contributed by atoms with Crippen molar-refractivity contribution in [2.75, 3.05) is 29.6 Å². The summed E-state index contributed by atoms with van der Waals surface area (Å²) in [7, 11) is 1.47. The number of carbonyl (C=O) groups excluding carboxylic acids is 1. The van der Waals surface area contributed by atoms with Gasteiger partial charge in [0.25, 0.3) is 0 Å². The third-order valence-electron chi connectivity index (χ3n) is 5.49.